The number of anilines is 1. The van der Waals surface area contributed by atoms with Gasteiger partial charge in [0, 0.05) is 19.0 Å². The van der Waals surface area contributed by atoms with Crippen molar-refractivity contribution in [1.82, 2.24) is 14.4 Å². The molecule has 92 valence electrons. The first-order chi connectivity index (χ1) is 8.35. The molecule has 0 fully saturated rings. The number of nitrogens with zero attached hydrogens (tertiary/aromatic N) is 3. The molecule has 0 aliphatic rings. The fraction of sp³-hybridized carbons (Fsp3) is 0.400. The number of nitrogen functional groups attached to an aromatic ring is 1. The van der Waals surface area contributed by atoms with Crippen LogP contribution in [0, 0.1) is 0 Å². The monoisotopic (exact) mass is 237 g/mol. The SMILES string of the molecule is CCOCCOc1nc(NN)cn2ccnc12. The fourth-order valence-corrected chi connectivity index (χ4v) is 1.41. The van der Waals surface area contributed by atoms with Gasteiger partial charge in [-0.05, 0) is 6.92 Å². The maximum absolute atomic E-state index is 5.51. The van der Waals surface area contributed by atoms with Gasteiger partial charge in [0.15, 0.2) is 5.82 Å². The Labute approximate surface area is 98.5 Å². The Morgan fingerprint density at radius 2 is 2.35 bits per heavy atom. The number of aromatic nitrogens is 3. The molecule has 0 aliphatic carbocycles. The zero-order valence-electron chi connectivity index (χ0n) is 9.59. The lowest BCUT2D eigenvalue weighted by molar-refractivity contribution is 0.109. The van der Waals surface area contributed by atoms with E-state index in [-0.39, 0.29) is 0 Å². The number of hydrazine groups is 1. The number of fused-ring (bicyclic) bond motifs is 1. The van der Waals surface area contributed by atoms with Crippen LogP contribution in [0.4, 0.5) is 5.82 Å². The zero-order valence-corrected chi connectivity index (χ0v) is 9.59. The molecule has 2 rings (SSSR count). The summed E-state index contributed by atoms with van der Waals surface area (Å²) in [4.78, 5) is 8.35. The Balaban J connectivity index is 2.16. The molecule has 0 unspecified atom stereocenters. The molecule has 0 saturated carbocycles. The van der Waals surface area contributed by atoms with E-state index in [0.29, 0.717) is 37.2 Å². The Hall–Kier alpha value is -1.86. The summed E-state index contributed by atoms with van der Waals surface area (Å²) in [5, 5.41) is 0. The Bertz CT molecular complexity index is 485. The lowest BCUT2D eigenvalue weighted by Gasteiger charge is -2.08. The van der Waals surface area contributed by atoms with Crippen molar-refractivity contribution < 1.29 is 9.47 Å². The number of hydrogen-bond acceptors (Lipinski definition) is 6. The average molecular weight is 237 g/mol. The van der Waals surface area contributed by atoms with Crippen LogP contribution < -0.4 is 16.0 Å². The predicted molar refractivity (Wildman–Crippen MR) is 62.8 cm³/mol. The van der Waals surface area contributed by atoms with Gasteiger partial charge < -0.3 is 14.9 Å². The fourth-order valence-electron chi connectivity index (χ4n) is 1.41. The Morgan fingerprint density at radius 3 is 3.12 bits per heavy atom. The first kappa shape index (κ1) is 11.6. The molecule has 7 heteroatoms. The van der Waals surface area contributed by atoms with Crippen LogP contribution in [0.2, 0.25) is 0 Å². The van der Waals surface area contributed by atoms with Crippen LogP contribution in [0.15, 0.2) is 18.6 Å². The molecule has 7 nitrogen and oxygen atoms in total. The number of imidazole rings is 1. The van der Waals surface area contributed by atoms with E-state index < -0.39 is 0 Å². The van der Waals surface area contributed by atoms with E-state index in [1.54, 1.807) is 23.0 Å². The van der Waals surface area contributed by atoms with E-state index in [0.717, 1.165) is 0 Å². The second kappa shape index (κ2) is 5.46. The topological polar surface area (TPSA) is 86.7 Å². The van der Waals surface area contributed by atoms with Crippen molar-refractivity contribution in [2.75, 3.05) is 25.2 Å². The van der Waals surface area contributed by atoms with Gasteiger partial charge >= 0.3 is 0 Å². The molecule has 3 N–H and O–H groups in total. The molecule has 0 aromatic carbocycles. The molecule has 17 heavy (non-hydrogen) atoms. The van der Waals surface area contributed by atoms with Crippen LogP contribution >= 0.6 is 0 Å². The summed E-state index contributed by atoms with van der Waals surface area (Å²) in [5.74, 6) is 6.28. The molecule has 0 spiro atoms. The number of rotatable bonds is 6. The third-order valence-corrected chi connectivity index (χ3v) is 2.16. The largest absolute Gasteiger partial charge is 0.473 e. The van der Waals surface area contributed by atoms with Crippen molar-refractivity contribution in [3.05, 3.63) is 18.6 Å². The molecule has 0 amide bonds. The van der Waals surface area contributed by atoms with Crippen LogP contribution in [-0.4, -0.2) is 34.2 Å². The van der Waals surface area contributed by atoms with Crippen molar-refractivity contribution in [3.8, 4) is 5.88 Å². The zero-order chi connectivity index (χ0) is 12.1. The van der Waals surface area contributed by atoms with E-state index in [1.807, 2.05) is 6.92 Å². The molecule has 0 atom stereocenters. The highest BCUT2D eigenvalue weighted by Gasteiger charge is 2.07. The molecule has 0 saturated heterocycles. The summed E-state index contributed by atoms with van der Waals surface area (Å²) in [6.07, 6.45) is 5.21. The number of nitrogens with two attached hydrogens (primary N) is 1. The molecule has 2 aromatic rings. The van der Waals surface area contributed by atoms with Crippen LogP contribution in [0.5, 0.6) is 5.88 Å². The van der Waals surface area contributed by atoms with E-state index in [1.165, 1.54) is 0 Å². The van der Waals surface area contributed by atoms with Crippen molar-refractivity contribution in [1.29, 1.82) is 0 Å². The molecule has 2 aromatic heterocycles. The molecule has 0 bridgehead atoms. The molecular weight excluding hydrogens is 222 g/mol. The third kappa shape index (κ3) is 2.63. The van der Waals surface area contributed by atoms with Gasteiger partial charge in [-0.25, -0.2) is 10.8 Å². The Morgan fingerprint density at radius 1 is 1.47 bits per heavy atom. The van der Waals surface area contributed by atoms with E-state index in [4.69, 9.17) is 15.3 Å². The predicted octanol–water partition coefficient (Wildman–Crippen LogP) is 0.430. The van der Waals surface area contributed by atoms with Gasteiger partial charge in [-0.2, -0.15) is 4.98 Å². The summed E-state index contributed by atoms with van der Waals surface area (Å²) in [7, 11) is 0. The van der Waals surface area contributed by atoms with Crippen LogP contribution in [0.25, 0.3) is 5.65 Å². The molecule has 0 radical (unpaired) electrons. The number of hydrogen-bond donors (Lipinski definition) is 2. The van der Waals surface area contributed by atoms with Crippen molar-refractivity contribution in [3.63, 3.8) is 0 Å². The van der Waals surface area contributed by atoms with Crippen molar-refractivity contribution >= 4 is 11.5 Å². The van der Waals surface area contributed by atoms with E-state index >= 15 is 0 Å². The highest BCUT2D eigenvalue weighted by atomic mass is 16.5. The maximum Gasteiger partial charge on any atom is 0.260 e. The van der Waals surface area contributed by atoms with Gasteiger partial charge in [-0.15, -0.1) is 0 Å². The first-order valence-electron chi connectivity index (χ1n) is 5.36. The van der Waals surface area contributed by atoms with Gasteiger partial charge in [-0.1, -0.05) is 0 Å². The summed E-state index contributed by atoms with van der Waals surface area (Å²) < 4.78 is 12.5. The standard InChI is InChI=1S/C10H15N5O2/c1-2-16-5-6-17-10-9-12-3-4-15(9)7-8(13-10)14-11/h3-4,7,14H,2,5-6,11H2,1H3. The molecular formula is C10H15N5O2. The van der Waals surface area contributed by atoms with Crippen LogP contribution in [0.1, 0.15) is 6.92 Å². The summed E-state index contributed by atoms with van der Waals surface area (Å²) in [5.41, 5.74) is 3.13. The number of ether oxygens (including phenoxy) is 2. The highest BCUT2D eigenvalue weighted by Crippen LogP contribution is 2.17. The number of nitrogens with one attached hydrogen (secondary N) is 1. The average Bonchev–Trinajstić information content (AvgIpc) is 2.82. The summed E-state index contributed by atoms with van der Waals surface area (Å²) >= 11 is 0. The highest BCUT2D eigenvalue weighted by molar-refractivity contribution is 5.53. The van der Waals surface area contributed by atoms with Gasteiger partial charge in [0.25, 0.3) is 5.88 Å². The quantitative estimate of drug-likeness (QED) is 0.430. The second-order valence-electron chi connectivity index (χ2n) is 3.28. The Kier molecular flexibility index (Phi) is 3.73. The van der Waals surface area contributed by atoms with Crippen molar-refractivity contribution in [2.24, 2.45) is 5.84 Å². The van der Waals surface area contributed by atoms with E-state index in [9.17, 15) is 0 Å². The van der Waals surface area contributed by atoms with Gasteiger partial charge in [0.2, 0.25) is 5.65 Å². The summed E-state index contributed by atoms with van der Waals surface area (Å²) in [6, 6.07) is 0. The smallest absolute Gasteiger partial charge is 0.260 e. The summed E-state index contributed by atoms with van der Waals surface area (Å²) in [6.45, 7) is 3.55. The minimum Gasteiger partial charge on any atom is -0.473 e. The van der Waals surface area contributed by atoms with Crippen LogP contribution in [-0.2, 0) is 4.74 Å². The van der Waals surface area contributed by atoms with Gasteiger partial charge in [0.1, 0.15) is 6.61 Å². The molecule has 0 aliphatic heterocycles. The van der Waals surface area contributed by atoms with Crippen molar-refractivity contribution in [2.45, 2.75) is 6.92 Å². The lowest BCUT2D eigenvalue weighted by atomic mass is 10.6. The maximum atomic E-state index is 5.51. The third-order valence-electron chi connectivity index (χ3n) is 2.16. The van der Waals surface area contributed by atoms with Crippen LogP contribution in [0.3, 0.4) is 0 Å². The van der Waals surface area contributed by atoms with Gasteiger partial charge in [0.05, 0.1) is 12.8 Å². The normalized spacial score (nSPS) is 10.7. The van der Waals surface area contributed by atoms with E-state index in [2.05, 4.69) is 15.4 Å². The minimum atomic E-state index is 0.428. The molecule has 2 heterocycles. The second-order valence-corrected chi connectivity index (χ2v) is 3.28. The lowest BCUT2D eigenvalue weighted by Crippen LogP contribution is -2.12. The van der Waals surface area contributed by atoms with Gasteiger partial charge in [-0.3, -0.25) is 4.40 Å². The minimum absolute atomic E-state index is 0.428. The first-order valence-corrected chi connectivity index (χ1v) is 5.36.